The lowest BCUT2D eigenvalue weighted by Gasteiger charge is -2.11. The Bertz CT molecular complexity index is 1090. The van der Waals surface area contributed by atoms with E-state index in [9.17, 15) is 9.59 Å². The van der Waals surface area contributed by atoms with E-state index in [0.717, 1.165) is 0 Å². The number of nitrogens with zero attached hydrogens (tertiary/aromatic N) is 3. The number of benzene rings is 2. The smallest absolute Gasteiger partial charge is 0.295 e. The highest BCUT2D eigenvalue weighted by molar-refractivity contribution is 6.37. The zero-order chi connectivity index (χ0) is 21.8. The Morgan fingerprint density at radius 1 is 1.13 bits per heavy atom. The van der Waals surface area contributed by atoms with Crippen molar-refractivity contribution in [2.75, 3.05) is 17.7 Å². The van der Waals surface area contributed by atoms with E-state index in [4.69, 9.17) is 27.9 Å². The molecule has 30 heavy (non-hydrogen) atoms. The van der Waals surface area contributed by atoms with Gasteiger partial charge in [0.2, 0.25) is 11.7 Å². The molecule has 1 aromatic heterocycles. The Morgan fingerprint density at radius 2 is 1.83 bits per heavy atom. The van der Waals surface area contributed by atoms with E-state index in [1.807, 2.05) is 6.92 Å². The van der Waals surface area contributed by atoms with Gasteiger partial charge in [-0.15, -0.1) is 5.10 Å². The van der Waals surface area contributed by atoms with Gasteiger partial charge in [-0.2, -0.15) is 0 Å². The Balaban J connectivity index is 1.90. The van der Waals surface area contributed by atoms with Gasteiger partial charge in [-0.3, -0.25) is 9.59 Å². The molecule has 10 heteroatoms. The number of hydrogen-bond acceptors (Lipinski definition) is 5. The fourth-order valence-corrected chi connectivity index (χ4v) is 3.35. The zero-order valence-electron chi connectivity index (χ0n) is 16.5. The van der Waals surface area contributed by atoms with Crippen molar-refractivity contribution in [1.29, 1.82) is 0 Å². The van der Waals surface area contributed by atoms with E-state index in [1.165, 1.54) is 18.7 Å². The molecular weight excluding hydrogens is 429 g/mol. The Kier molecular flexibility index (Phi) is 6.59. The summed E-state index contributed by atoms with van der Waals surface area (Å²) >= 11 is 12.6. The van der Waals surface area contributed by atoms with Gasteiger partial charge in [-0.1, -0.05) is 36.2 Å². The van der Waals surface area contributed by atoms with E-state index < -0.39 is 5.91 Å². The van der Waals surface area contributed by atoms with Crippen molar-refractivity contribution in [3.8, 4) is 11.4 Å². The Morgan fingerprint density at radius 3 is 2.43 bits per heavy atom. The third kappa shape index (κ3) is 4.55. The quantitative estimate of drug-likeness (QED) is 0.584. The van der Waals surface area contributed by atoms with E-state index in [0.29, 0.717) is 45.1 Å². The average Bonchev–Trinajstić information content (AvgIpc) is 3.12. The molecule has 0 fully saturated rings. The number of amides is 2. The first-order valence-corrected chi connectivity index (χ1v) is 9.77. The molecule has 0 aliphatic carbocycles. The van der Waals surface area contributed by atoms with Crippen molar-refractivity contribution in [1.82, 2.24) is 14.8 Å². The Labute approximate surface area is 183 Å². The number of aryl methyl sites for hydroxylation is 1. The van der Waals surface area contributed by atoms with Crippen LogP contribution in [0.5, 0.6) is 5.75 Å². The summed E-state index contributed by atoms with van der Waals surface area (Å²) in [6.45, 7) is 3.28. The average molecular weight is 448 g/mol. The summed E-state index contributed by atoms with van der Waals surface area (Å²) in [7, 11) is 1.47. The first-order valence-electron chi connectivity index (χ1n) is 9.01. The van der Waals surface area contributed by atoms with Crippen LogP contribution in [-0.4, -0.2) is 33.7 Å². The minimum atomic E-state index is -0.513. The number of halogens is 2. The van der Waals surface area contributed by atoms with Crippen LogP contribution >= 0.6 is 23.2 Å². The molecule has 2 amide bonds. The van der Waals surface area contributed by atoms with Gasteiger partial charge in [0, 0.05) is 25.1 Å². The van der Waals surface area contributed by atoms with Crippen LogP contribution in [0.1, 0.15) is 30.3 Å². The maximum absolute atomic E-state index is 12.7. The van der Waals surface area contributed by atoms with Crippen molar-refractivity contribution in [2.24, 2.45) is 0 Å². The van der Waals surface area contributed by atoms with Gasteiger partial charge < -0.3 is 15.4 Å². The van der Waals surface area contributed by atoms with E-state index in [2.05, 4.69) is 20.7 Å². The van der Waals surface area contributed by atoms with Crippen LogP contribution in [0.15, 0.2) is 36.4 Å². The highest BCUT2D eigenvalue weighted by Crippen LogP contribution is 2.30. The number of anilines is 2. The zero-order valence-corrected chi connectivity index (χ0v) is 18.0. The standard InChI is InChI=1S/C20H19Cl2N5O3/c1-4-17-25-19(26-27(17)18-13(21)6-5-7-14(18)22)20(29)24-12-8-9-15(23-11(2)28)16(10-12)30-3/h5-10H,4H2,1-3H3,(H,23,28)(H,24,29). The fourth-order valence-electron chi connectivity index (χ4n) is 2.79. The van der Waals surface area contributed by atoms with Crippen LogP contribution in [-0.2, 0) is 11.2 Å². The van der Waals surface area contributed by atoms with Gasteiger partial charge >= 0.3 is 0 Å². The van der Waals surface area contributed by atoms with Crippen LogP contribution < -0.4 is 15.4 Å². The van der Waals surface area contributed by atoms with E-state index >= 15 is 0 Å². The summed E-state index contributed by atoms with van der Waals surface area (Å²) < 4.78 is 6.74. The second-order valence-corrected chi connectivity index (χ2v) is 7.05. The molecule has 2 aromatic carbocycles. The van der Waals surface area contributed by atoms with E-state index in [1.54, 1.807) is 36.4 Å². The monoisotopic (exact) mass is 447 g/mol. The van der Waals surface area contributed by atoms with Crippen LogP contribution in [0.4, 0.5) is 11.4 Å². The SMILES string of the molecule is CCc1nc(C(=O)Nc2ccc(NC(C)=O)c(OC)c2)nn1-c1c(Cl)cccc1Cl. The minimum absolute atomic E-state index is 0.0345. The molecule has 8 nitrogen and oxygen atoms in total. The maximum Gasteiger partial charge on any atom is 0.295 e. The highest BCUT2D eigenvalue weighted by atomic mass is 35.5. The number of nitrogens with one attached hydrogen (secondary N) is 2. The number of hydrogen-bond donors (Lipinski definition) is 2. The number of rotatable bonds is 6. The third-order valence-electron chi connectivity index (χ3n) is 4.11. The molecule has 2 N–H and O–H groups in total. The predicted octanol–water partition coefficient (Wildman–Crippen LogP) is 4.36. The van der Waals surface area contributed by atoms with Gasteiger partial charge in [0.25, 0.3) is 5.91 Å². The molecule has 0 aliphatic rings. The van der Waals surface area contributed by atoms with Crippen molar-refractivity contribution >= 4 is 46.4 Å². The molecule has 0 spiro atoms. The number of carbonyl (C=O) groups excluding carboxylic acids is 2. The Hall–Kier alpha value is -3.10. The van der Waals surface area contributed by atoms with Gasteiger partial charge in [0.1, 0.15) is 17.3 Å². The largest absolute Gasteiger partial charge is 0.494 e. The fraction of sp³-hybridized carbons (Fsp3) is 0.200. The van der Waals surface area contributed by atoms with Crippen molar-refractivity contribution in [3.63, 3.8) is 0 Å². The van der Waals surface area contributed by atoms with Crippen molar-refractivity contribution in [2.45, 2.75) is 20.3 Å². The molecule has 0 saturated carbocycles. The van der Waals surface area contributed by atoms with Crippen molar-refractivity contribution in [3.05, 3.63) is 58.1 Å². The number of ether oxygens (including phenoxy) is 1. The maximum atomic E-state index is 12.7. The third-order valence-corrected chi connectivity index (χ3v) is 4.72. The van der Waals surface area contributed by atoms with Gasteiger partial charge in [0.05, 0.1) is 22.8 Å². The topological polar surface area (TPSA) is 98.1 Å². The highest BCUT2D eigenvalue weighted by Gasteiger charge is 2.20. The van der Waals surface area contributed by atoms with Crippen LogP contribution in [0.3, 0.4) is 0 Å². The van der Waals surface area contributed by atoms with Gasteiger partial charge in [-0.25, -0.2) is 9.67 Å². The van der Waals surface area contributed by atoms with Crippen LogP contribution in [0.2, 0.25) is 10.0 Å². The lowest BCUT2D eigenvalue weighted by molar-refractivity contribution is -0.114. The lowest BCUT2D eigenvalue weighted by atomic mass is 10.2. The molecule has 0 unspecified atom stereocenters. The molecule has 0 radical (unpaired) electrons. The molecule has 3 aromatic rings. The molecule has 3 rings (SSSR count). The molecule has 0 atom stereocenters. The second-order valence-electron chi connectivity index (χ2n) is 6.24. The summed E-state index contributed by atoms with van der Waals surface area (Å²) in [5.41, 5.74) is 1.41. The second kappa shape index (κ2) is 9.15. The number of carbonyl (C=O) groups is 2. The van der Waals surface area contributed by atoms with Crippen molar-refractivity contribution < 1.29 is 14.3 Å². The van der Waals surface area contributed by atoms with Gasteiger partial charge in [-0.05, 0) is 24.3 Å². The number of para-hydroxylation sites is 1. The minimum Gasteiger partial charge on any atom is -0.494 e. The van der Waals surface area contributed by atoms with Crippen LogP contribution in [0.25, 0.3) is 5.69 Å². The van der Waals surface area contributed by atoms with E-state index in [-0.39, 0.29) is 11.7 Å². The molecule has 1 heterocycles. The molecule has 156 valence electrons. The summed E-state index contributed by atoms with van der Waals surface area (Å²) in [6, 6.07) is 9.95. The predicted molar refractivity (Wildman–Crippen MR) is 116 cm³/mol. The number of aromatic nitrogens is 3. The summed E-state index contributed by atoms with van der Waals surface area (Å²) in [5, 5.41) is 10.5. The van der Waals surface area contributed by atoms with Gasteiger partial charge in [0.15, 0.2) is 0 Å². The van der Waals surface area contributed by atoms with Crippen LogP contribution in [0, 0.1) is 0 Å². The summed E-state index contributed by atoms with van der Waals surface area (Å²) in [5.74, 6) is 0.158. The summed E-state index contributed by atoms with van der Waals surface area (Å²) in [6.07, 6.45) is 0.515. The normalized spacial score (nSPS) is 10.6. The first kappa shape index (κ1) is 21.6. The molecular formula is C20H19Cl2N5O3. The molecule has 0 aliphatic heterocycles. The molecule has 0 saturated heterocycles. The lowest BCUT2D eigenvalue weighted by Crippen LogP contribution is -2.15. The summed E-state index contributed by atoms with van der Waals surface area (Å²) in [4.78, 5) is 28.3. The first-order chi connectivity index (χ1) is 14.3. The number of methoxy groups -OCH3 is 1. The molecule has 0 bridgehead atoms.